The van der Waals surface area contributed by atoms with Crippen LogP contribution in [-0.2, 0) is 0 Å². The number of H-pyrrole nitrogens is 1. The fourth-order valence-corrected chi connectivity index (χ4v) is 2.03. The maximum Gasteiger partial charge on any atom is 0.218 e. The van der Waals surface area contributed by atoms with Gasteiger partial charge in [0, 0.05) is 16.5 Å². The number of benzene rings is 2. The number of nitrogens with one attached hydrogen (secondary N) is 1. The van der Waals surface area contributed by atoms with Gasteiger partial charge in [0.05, 0.1) is 11.2 Å². The lowest BCUT2D eigenvalue weighted by Gasteiger charge is -1.97. The van der Waals surface area contributed by atoms with Crippen molar-refractivity contribution >= 4 is 33.9 Å². The Morgan fingerprint density at radius 2 is 1.57 bits per heavy atom. The molecule has 0 bridgehead atoms. The van der Waals surface area contributed by atoms with E-state index < -0.39 is 0 Å². The van der Waals surface area contributed by atoms with Crippen LogP contribution in [0.5, 0.6) is 17.4 Å². The summed E-state index contributed by atoms with van der Waals surface area (Å²) in [7, 11) is 0. The quantitative estimate of drug-likeness (QED) is 0.418. The first kappa shape index (κ1) is 13.3. The molecule has 0 aliphatic carbocycles. The third kappa shape index (κ3) is 2.48. The number of nitrogens with zero attached hydrogens (tertiary/aromatic N) is 2. The van der Waals surface area contributed by atoms with Crippen molar-refractivity contribution in [1.82, 2.24) is 4.98 Å². The van der Waals surface area contributed by atoms with Gasteiger partial charge in [-0.05, 0) is 30.3 Å². The molecule has 0 saturated carbocycles. The minimum atomic E-state index is -0.301. The van der Waals surface area contributed by atoms with Gasteiger partial charge in [-0.25, -0.2) is 0 Å². The van der Waals surface area contributed by atoms with Crippen molar-refractivity contribution in [2.75, 3.05) is 0 Å². The van der Waals surface area contributed by atoms with Crippen molar-refractivity contribution in [3.05, 3.63) is 41.4 Å². The zero-order chi connectivity index (χ0) is 15.0. The molecule has 3 aromatic rings. The summed E-state index contributed by atoms with van der Waals surface area (Å²) in [4.78, 5) is 2.65. The number of azo groups is 1. The molecule has 0 spiro atoms. The third-order valence-corrected chi connectivity index (χ3v) is 3.19. The van der Waals surface area contributed by atoms with Crippen LogP contribution in [0.15, 0.2) is 46.6 Å². The van der Waals surface area contributed by atoms with Gasteiger partial charge in [0.15, 0.2) is 17.2 Å². The Hall–Kier alpha value is -2.73. The van der Waals surface area contributed by atoms with E-state index in [1.165, 1.54) is 12.1 Å². The number of hydrogen-bond acceptors (Lipinski definition) is 5. The van der Waals surface area contributed by atoms with Crippen LogP contribution in [0.3, 0.4) is 0 Å². The maximum atomic E-state index is 9.84. The molecule has 2 aromatic carbocycles. The number of aromatic hydroxyl groups is 3. The molecule has 1 aromatic heterocycles. The average molecular weight is 304 g/mol. The minimum absolute atomic E-state index is 0.176. The van der Waals surface area contributed by atoms with E-state index in [1.807, 2.05) is 0 Å². The molecule has 7 heteroatoms. The van der Waals surface area contributed by atoms with Crippen molar-refractivity contribution in [2.24, 2.45) is 10.2 Å². The van der Waals surface area contributed by atoms with Crippen LogP contribution in [0.2, 0.25) is 5.02 Å². The summed E-state index contributed by atoms with van der Waals surface area (Å²) in [5.74, 6) is -0.790. The predicted octanol–water partition coefficient (Wildman–Crippen LogP) is 4.35. The van der Waals surface area contributed by atoms with E-state index >= 15 is 0 Å². The largest absolute Gasteiger partial charge is 0.504 e. The number of phenolic OH excluding ortho intramolecular Hbond substituents is 2. The Bertz CT molecular complexity index is 841. The highest BCUT2D eigenvalue weighted by Gasteiger charge is 2.13. The number of aromatic nitrogens is 1. The van der Waals surface area contributed by atoms with E-state index in [4.69, 9.17) is 11.6 Å². The molecule has 4 N–H and O–H groups in total. The minimum Gasteiger partial charge on any atom is -0.504 e. The van der Waals surface area contributed by atoms with E-state index in [9.17, 15) is 15.3 Å². The number of aromatic amines is 1. The number of fused-ring (bicyclic) bond motifs is 1. The van der Waals surface area contributed by atoms with Gasteiger partial charge in [0.25, 0.3) is 0 Å². The van der Waals surface area contributed by atoms with Gasteiger partial charge in [-0.15, -0.1) is 5.11 Å². The molecule has 0 aliphatic heterocycles. The van der Waals surface area contributed by atoms with Crippen molar-refractivity contribution in [3.63, 3.8) is 0 Å². The number of rotatable bonds is 2. The summed E-state index contributed by atoms with van der Waals surface area (Å²) in [6, 6.07) is 9.31. The molecule has 106 valence electrons. The zero-order valence-electron chi connectivity index (χ0n) is 10.6. The summed E-state index contributed by atoms with van der Waals surface area (Å²) in [5, 5.41) is 37.8. The zero-order valence-corrected chi connectivity index (χ0v) is 11.3. The van der Waals surface area contributed by atoms with E-state index in [1.54, 1.807) is 24.3 Å². The van der Waals surface area contributed by atoms with Gasteiger partial charge >= 0.3 is 0 Å². The lowest BCUT2D eigenvalue weighted by Crippen LogP contribution is -1.70. The molecule has 0 unspecified atom stereocenters. The predicted molar refractivity (Wildman–Crippen MR) is 78.9 cm³/mol. The first-order valence-electron chi connectivity index (χ1n) is 5.98. The molecule has 0 radical (unpaired) electrons. The van der Waals surface area contributed by atoms with E-state index in [2.05, 4.69) is 15.2 Å². The van der Waals surface area contributed by atoms with Gasteiger partial charge in [-0.2, -0.15) is 5.11 Å². The van der Waals surface area contributed by atoms with Crippen LogP contribution < -0.4 is 0 Å². The topological polar surface area (TPSA) is 101 Å². The Morgan fingerprint density at radius 1 is 0.905 bits per heavy atom. The first-order chi connectivity index (χ1) is 10.0. The Labute approximate surface area is 124 Å². The highest BCUT2D eigenvalue weighted by Crippen LogP contribution is 2.40. The second-order valence-electron chi connectivity index (χ2n) is 4.39. The second-order valence-corrected chi connectivity index (χ2v) is 4.82. The fraction of sp³-hybridized carbons (Fsp3) is 0. The van der Waals surface area contributed by atoms with E-state index in [-0.39, 0.29) is 23.1 Å². The van der Waals surface area contributed by atoms with Crippen molar-refractivity contribution < 1.29 is 15.3 Å². The van der Waals surface area contributed by atoms with Gasteiger partial charge < -0.3 is 20.3 Å². The molecule has 21 heavy (non-hydrogen) atoms. The molecule has 0 saturated heterocycles. The molecule has 3 rings (SSSR count). The lowest BCUT2D eigenvalue weighted by atomic mass is 10.2. The molecule has 6 nitrogen and oxygen atoms in total. The Morgan fingerprint density at radius 3 is 2.29 bits per heavy atom. The summed E-state index contributed by atoms with van der Waals surface area (Å²) in [6.45, 7) is 0. The number of halogens is 1. The van der Waals surface area contributed by atoms with E-state index in [0.717, 1.165) is 0 Å². The van der Waals surface area contributed by atoms with Crippen molar-refractivity contribution in [1.29, 1.82) is 0 Å². The van der Waals surface area contributed by atoms with E-state index in [0.29, 0.717) is 21.6 Å². The van der Waals surface area contributed by atoms with Gasteiger partial charge in [0.2, 0.25) is 5.88 Å². The highest BCUT2D eigenvalue weighted by molar-refractivity contribution is 6.30. The molecular weight excluding hydrogens is 294 g/mol. The number of hydrogen-bond donors (Lipinski definition) is 4. The molecule has 0 amide bonds. The molecule has 0 aliphatic rings. The van der Waals surface area contributed by atoms with Crippen LogP contribution in [0.1, 0.15) is 0 Å². The maximum absolute atomic E-state index is 9.84. The molecular formula is C14H10ClN3O3. The average Bonchev–Trinajstić information content (AvgIpc) is 2.74. The fourth-order valence-electron chi connectivity index (χ4n) is 1.91. The summed E-state index contributed by atoms with van der Waals surface area (Å²) >= 11 is 5.78. The van der Waals surface area contributed by atoms with Gasteiger partial charge in [-0.1, -0.05) is 11.6 Å². The highest BCUT2D eigenvalue weighted by atomic mass is 35.5. The lowest BCUT2D eigenvalue weighted by molar-refractivity contribution is 0.405. The molecule has 0 fully saturated rings. The first-order valence-corrected chi connectivity index (χ1v) is 6.36. The smallest absolute Gasteiger partial charge is 0.218 e. The summed E-state index contributed by atoms with van der Waals surface area (Å²) in [5.41, 5.74) is 1.18. The number of phenols is 2. The third-order valence-electron chi connectivity index (χ3n) is 2.94. The van der Waals surface area contributed by atoms with Gasteiger partial charge in [0.1, 0.15) is 0 Å². The second kappa shape index (κ2) is 4.99. The van der Waals surface area contributed by atoms with Crippen molar-refractivity contribution in [2.45, 2.75) is 0 Å². The summed E-state index contributed by atoms with van der Waals surface area (Å²) in [6.07, 6.45) is 0. The van der Waals surface area contributed by atoms with Gasteiger partial charge in [-0.3, -0.25) is 0 Å². The molecule has 0 atom stereocenters. The van der Waals surface area contributed by atoms with Crippen molar-refractivity contribution in [3.8, 4) is 17.4 Å². The van der Waals surface area contributed by atoms with Crippen LogP contribution >= 0.6 is 11.6 Å². The standard InChI is InChI=1S/C14H10ClN3O3/c15-7-1-3-8(4-2-7)17-18-13-9-5-11(19)12(20)6-10(9)16-14(13)21/h1-6,16,19-21H. The van der Waals surface area contributed by atoms with Crippen LogP contribution in [0.4, 0.5) is 11.4 Å². The monoisotopic (exact) mass is 303 g/mol. The SMILES string of the molecule is Oc1cc2[nH]c(O)c(N=Nc3ccc(Cl)cc3)c2cc1O. The molecule has 1 heterocycles. The van der Waals surface area contributed by atoms with Crippen LogP contribution in [-0.4, -0.2) is 20.3 Å². The van der Waals surface area contributed by atoms with Crippen LogP contribution in [0, 0.1) is 0 Å². The Balaban J connectivity index is 2.05. The van der Waals surface area contributed by atoms with Crippen LogP contribution in [0.25, 0.3) is 10.9 Å². The Kier molecular flexibility index (Phi) is 3.15. The summed E-state index contributed by atoms with van der Waals surface area (Å²) < 4.78 is 0. The normalized spacial score (nSPS) is 11.5.